The molecule has 1 heterocycles. The fourth-order valence-corrected chi connectivity index (χ4v) is 2.46. The van der Waals surface area contributed by atoms with E-state index < -0.39 is 6.04 Å². The number of anilines is 1. The van der Waals surface area contributed by atoms with Crippen molar-refractivity contribution >= 4 is 23.0 Å². The molecule has 0 fully saturated rings. The highest BCUT2D eigenvalue weighted by Gasteiger charge is 2.22. The van der Waals surface area contributed by atoms with E-state index in [4.69, 9.17) is 9.47 Å². The van der Waals surface area contributed by atoms with Gasteiger partial charge in [-0.2, -0.15) is 0 Å². The van der Waals surface area contributed by atoms with Gasteiger partial charge in [0.05, 0.1) is 14.2 Å². The first kappa shape index (κ1) is 13.4. The molecule has 0 saturated carbocycles. The summed E-state index contributed by atoms with van der Waals surface area (Å²) >= 11 is 1.51. The number of nitrogens with one attached hydrogen (secondary N) is 1. The van der Waals surface area contributed by atoms with Gasteiger partial charge in [-0.3, -0.25) is 0 Å². The van der Waals surface area contributed by atoms with E-state index in [0.29, 0.717) is 0 Å². The summed E-state index contributed by atoms with van der Waals surface area (Å²) in [5.41, 5.74) is 0.808. The van der Waals surface area contributed by atoms with Crippen LogP contribution in [0.4, 0.5) is 5.69 Å². The number of ether oxygens (including phenoxy) is 2. The molecule has 100 valence electrons. The monoisotopic (exact) mass is 277 g/mol. The average molecular weight is 277 g/mol. The molecule has 1 aromatic heterocycles. The molecule has 2 aromatic rings. The first-order chi connectivity index (χ1) is 9.24. The Morgan fingerprint density at radius 3 is 2.74 bits per heavy atom. The van der Waals surface area contributed by atoms with Crippen LogP contribution in [0.25, 0.3) is 0 Å². The molecule has 1 N–H and O–H groups in total. The van der Waals surface area contributed by atoms with Gasteiger partial charge in [0.15, 0.2) is 6.04 Å². The second-order valence-electron chi connectivity index (χ2n) is 3.85. The largest absolute Gasteiger partial charge is 0.497 e. The maximum Gasteiger partial charge on any atom is 0.333 e. The number of esters is 1. The van der Waals surface area contributed by atoms with Gasteiger partial charge in [-0.1, -0.05) is 12.1 Å². The minimum Gasteiger partial charge on any atom is -0.497 e. The van der Waals surface area contributed by atoms with Crippen LogP contribution in [0.3, 0.4) is 0 Å². The molecule has 0 saturated heterocycles. The van der Waals surface area contributed by atoms with Gasteiger partial charge >= 0.3 is 5.97 Å². The van der Waals surface area contributed by atoms with Gasteiger partial charge in [-0.15, -0.1) is 11.3 Å². The Morgan fingerprint density at radius 2 is 2.11 bits per heavy atom. The first-order valence-electron chi connectivity index (χ1n) is 5.76. The zero-order valence-electron chi connectivity index (χ0n) is 10.8. The lowest BCUT2D eigenvalue weighted by molar-refractivity contribution is -0.141. The van der Waals surface area contributed by atoms with Crippen LogP contribution in [0.1, 0.15) is 10.9 Å². The fourth-order valence-electron chi connectivity index (χ4n) is 1.70. The van der Waals surface area contributed by atoms with Gasteiger partial charge in [0, 0.05) is 16.6 Å². The van der Waals surface area contributed by atoms with Crippen LogP contribution >= 0.6 is 11.3 Å². The summed E-state index contributed by atoms with van der Waals surface area (Å²) in [6, 6.07) is 10.7. The first-order valence-corrected chi connectivity index (χ1v) is 6.64. The van der Waals surface area contributed by atoms with Crippen molar-refractivity contribution in [2.24, 2.45) is 0 Å². The summed E-state index contributed by atoms with van der Waals surface area (Å²) in [5.74, 6) is 0.421. The molecule has 1 aromatic carbocycles. The van der Waals surface area contributed by atoms with Crippen molar-refractivity contribution in [1.82, 2.24) is 0 Å². The number of carbonyl (C=O) groups excluding carboxylic acids is 1. The number of hydrogen-bond donors (Lipinski definition) is 1. The van der Waals surface area contributed by atoms with Crippen LogP contribution in [-0.2, 0) is 9.53 Å². The van der Waals surface area contributed by atoms with E-state index in [1.807, 2.05) is 41.8 Å². The van der Waals surface area contributed by atoms with Crippen LogP contribution in [0.15, 0.2) is 41.8 Å². The molecule has 5 heteroatoms. The lowest BCUT2D eigenvalue weighted by Crippen LogP contribution is -2.21. The maximum absolute atomic E-state index is 11.9. The van der Waals surface area contributed by atoms with Crippen molar-refractivity contribution in [2.45, 2.75) is 6.04 Å². The summed E-state index contributed by atoms with van der Waals surface area (Å²) in [7, 11) is 2.99. The van der Waals surface area contributed by atoms with Crippen LogP contribution in [0, 0.1) is 0 Å². The minimum atomic E-state index is -0.503. The molecule has 0 amide bonds. The molecule has 1 unspecified atom stereocenters. The Bertz CT molecular complexity index is 539. The Kier molecular flexibility index (Phi) is 4.41. The Labute approximate surface area is 116 Å². The number of thiophene rings is 1. The third-order valence-electron chi connectivity index (χ3n) is 2.65. The third kappa shape index (κ3) is 3.26. The topological polar surface area (TPSA) is 47.6 Å². The number of methoxy groups -OCH3 is 2. The fraction of sp³-hybridized carbons (Fsp3) is 0.214. The number of carbonyl (C=O) groups is 1. The Morgan fingerprint density at radius 1 is 1.26 bits per heavy atom. The summed E-state index contributed by atoms with van der Waals surface area (Å²) < 4.78 is 10.00. The highest BCUT2D eigenvalue weighted by Crippen LogP contribution is 2.26. The number of rotatable bonds is 5. The standard InChI is InChI=1S/C14H15NO3S/c1-17-11-6-3-5-10(9-11)15-13(14(16)18-2)12-7-4-8-19-12/h3-9,13,15H,1-2H3. The molecule has 4 nitrogen and oxygen atoms in total. The van der Waals surface area contributed by atoms with Crippen molar-refractivity contribution in [3.8, 4) is 5.75 Å². The predicted molar refractivity (Wildman–Crippen MR) is 75.7 cm³/mol. The number of hydrogen-bond acceptors (Lipinski definition) is 5. The van der Waals surface area contributed by atoms with E-state index >= 15 is 0 Å². The minimum absolute atomic E-state index is 0.315. The lowest BCUT2D eigenvalue weighted by Gasteiger charge is -2.16. The van der Waals surface area contributed by atoms with E-state index in [1.54, 1.807) is 7.11 Å². The van der Waals surface area contributed by atoms with Gasteiger partial charge in [0.1, 0.15) is 5.75 Å². The Hall–Kier alpha value is -2.01. The van der Waals surface area contributed by atoms with Gasteiger partial charge in [0.2, 0.25) is 0 Å². The molecule has 0 aliphatic heterocycles. The third-order valence-corrected chi connectivity index (χ3v) is 3.58. The maximum atomic E-state index is 11.9. The molecular weight excluding hydrogens is 262 g/mol. The molecular formula is C14H15NO3S. The smallest absolute Gasteiger partial charge is 0.333 e. The summed E-state index contributed by atoms with van der Waals surface area (Å²) in [5, 5.41) is 5.09. The Balaban J connectivity index is 2.22. The van der Waals surface area contributed by atoms with Crippen LogP contribution in [0.2, 0.25) is 0 Å². The summed E-state index contributed by atoms with van der Waals surface area (Å²) in [4.78, 5) is 12.8. The van der Waals surface area contributed by atoms with Crippen molar-refractivity contribution in [2.75, 3.05) is 19.5 Å². The second kappa shape index (κ2) is 6.24. The quantitative estimate of drug-likeness (QED) is 0.853. The van der Waals surface area contributed by atoms with Crippen molar-refractivity contribution in [3.63, 3.8) is 0 Å². The van der Waals surface area contributed by atoms with E-state index in [2.05, 4.69) is 5.32 Å². The number of benzene rings is 1. The molecule has 0 spiro atoms. The molecule has 19 heavy (non-hydrogen) atoms. The molecule has 2 rings (SSSR count). The van der Waals surface area contributed by atoms with Crippen LogP contribution in [-0.4, -0.2) is 20.2 Å². The normalized spacial score (nSPS) is 11.7. The zero-order valence-corrected chi connectivity index (χ0v) is 11.6. The average Bonchev–Trinajstić information content (AvgIpc) is 2.98. The predicted octanol–water partition coefficient (Wildman–Crippen LogP) is 3.08. The molecule has 0 bridgehead atoms. The molecule has 1 atom stereocenters. The van der Waals surface area contributed by atoms with Gasteiger partial charge in [0.25, 0.3) is 0 Å². The second-order valence-corrected chi connectivity index (χ2v) is 4.83. The van der Waals surface area contributed by atoms with Crippen LogP contribution < -0.4 is 10.1 Å². The van der Waals surface area contributed by atoms with Crippen molar-refractivity contribution < 1.29 is 14.3 Å². The molecule has 0 aliphatic rings. The zero-order chi connectivity index (χ0) is 13.7. The van der Waals surface area contributed by atoms with E-state index in [0.717, 1.165) is 16.3 Å². The summed E-state index contributed by atoms with van der Waals surface area (Å²) in [6.07, 6.45) is 0. The van der Waals surface area contributed by atoms with E-state index in [1.165, 1.54) is 18.4 Å². The van der Waals surface area contributed by atoms with Crippen molar-refractivity contribution in [1.29, 1.82) is 0 Å². The SMILES string of the molecule is COC(=O)C(Nc1cccc(OC)c1)c1cccs1. The lowest BCUT2D eigenvalue weighted by atomic mass is 10.2. The van der Waals surface area contributed by atoms with Gasteiger partial charge < -0.3 is 14.8 Å². The van der Waals surface area contributed by atoms with E-state index in [9.17, 15) is 4.79 Å². The summed E-state index contributed by atoms with van der Waals surface area (Å²) in [6.45, 7) is 0. The molecule has 0 aliphatic carbocycles. The highest BCUT2D eigenvalue weighted by atomic mass is 32.1. The van der Waals surface area contributed by atoms with E-state index in [-0.39, 0.29) is 5.97 Å². The highest BCUT2D eigenvalue weighted by molar-refractivity contribution is 7.10. The molecule has 0 radical (unpaired) electrons. The van der Waals surface area contributed by atoms with Crippen molar-refractivity contribution in [3.05, 3.63) is 46.7 Å². The van der Waals surface area contributed by atoms with Gasteiger partial charge in [-0.05, 0) is 23.6 Å². The van der Waals surface area contributed by atoms with Crippen LogP contribution in [0.5, 0.6) is 5.75 Å². The van der Waals surface area contributed by atoms with Gasteiger partial charge in [-0.25, -0.2) is 4.79 Å².